The normalized spacial score (nSPS) is 11.4. The molecule has 0 aliphatic rings. The van der Waals surface area contributed by atoms with Crippen LogP contribution in [0.2, 0.25) is 0 Å². The van der Waals surface area contributed by atoms with Crippen LogP contribution in [0.1, 0.15) is 21.6 Å². The van der Waals surface area contributed by atoms with Crippen LogP contribution in [0.3, 0.4) is 0 Å². The van der Waals surface area contributed by atoms with Crippen LogP contribution >= 0.6 is 15.9 Å². The van der Waals surface area contributed by atoms with Gasteiger partial charge in [0.05, 0.1) is 12.7 Å². The summed E-state index contributed by atoms with van der Waals surface area (Å²) < 4.78 is 45.5. The van der Waals surface area contributed by atoms with Crippen molar-refractivity contribution in [3.8, 4) is 16.9 Å². The minimum absolute atomic E-state index is 0.0171. The van der Waals surface area contributed by atoms with Crippen LogP contribution in [0, 0.1) is 0 Å². The number of carbonyl (C=O) groups excluding carboxylic acids is 1. The van der Waals surface area contributed by atoms with Crippen molar-refractivity contribution in [3.05, 3.63) is 88.4 Å². The molecule has 1 N–H and O–H groups in total. The molecule has 0 atom stereocenters. The lowest BCUT2D eigenvalue weighted by Gasteiger charge is -2.14. The number of nitrogens with zero attached hydrogens (tertiary/aromatic N) is 2. The lowest BCUT2D eigenvalue weighted by Crippen LogP contribution is -2.26. The zero-order valence-electron chi connectivity index (χ0n) is 17.3. The molecule has 0 saturated heterocycles. The second kappa shape index (κ2) is 9.19. The van der Waals surface area contributed by atoms with Gasteiger partial charge in [-0.15, -0.1) is 0 Å². The van der Waals surface area contributed by atoms with E-state index in [4.69, 9.17) is 4.74 Å². The molecule has 1 amide bonds. The maximum Gasteiger partial charge on any atom is 0.434 e. The number of fused-ring (bicyclic) bond motifs is 1. The van der Waals surface area contributed by atoms with Crippen molar-refractivity contribution in [2.75, 3.05) is 7.11 Å². The number of hydrogen-bond donors (Lipinski definition) is 1. The van der Waals surface area contributed by atoms with Crippen molar-refractivity contribution in [1.82, 2.24) is 15.3 Å². The molecule has 33 heavy (non-hydrogen) atoms. The Bertz CT molecular complexity index is 1340. The largest absolute Gasteiger partial charge is 0.497 e. The SMILES string of the molecule is COc1cccc(-c2ccc(CNC(=O)c3cc(Br)cnc3C(F)(F)F)c3cnccc23)c1. The molecule has 0 radical (unpaired) electrons. The maximum atomic E-state index is 13.3. The molecule has 4 rings (SSSR count). The van der Waals surface area contributed by atoms with Gasteiger partial charge >= 0.3 is 6.18 Å². The van der Waals surface area contributed by atoms with Gasteiger partial charge in [0, 0.05) is 35.0 Å². The Morgan fingerprint density at radius 2 is 1.91 bits per heavy atom. The molecular formula is C24H17BrF3N3O2. The van der Waals surface area contributed by atoms with Crippen LogP contribution in [-0.2, 0) is 12.7 Å². The highest BCUT2D eigenvalue weighted by Crippen LogP contribution is 2.33. The number of halogens is 4. The van der Waals surface area contributed by atoms with Gasteiger partial charge in [0.25, 0.3) is 5.91 Å². The number of carbonyl (C=O) groups is 1. The van der Waals surface area contributed by atoms with Gasteiger partial charge in [-0.3, -0.25) is 9.78 Å². The first-order valence-electron chi connectivity index (χ1n) is 9.79. The van der Waals surface area contributed by atoms with Gasteiger partial charge in [-0.1, -0.05) is 24.3 Å². The van der Waals surface area contributed by atoms with E-state index >= 15 is 0 Å². The zero-order valence-corrected chi connectivity index (χ0v) is 18.9. The van der Waals surface area contributed by atoms with Crippen LogP contribution in [0.5, 0.6) is 5.75 Å². The summed E-state index contributed by atoms with van der Waals surface area (Å²) in [5.41, 5.74) is 0.818. The third-order valence-electron chi connectivity index (χ3n) is 5.10. The third-order valence-corrected chi connectivity index (χ3v) is 5.53. The Morgan fingerprint density at radius 3 is 2.67 bits per heavy atom. The van der Waals surface area contributed by atoms with Gasteiger partial charge in [0.1, 0.15) is 5.75 Å². The van der Waals surface area contributed by atoms with Gasteiger partial charge in [0.2, 0.25) is 0 Å². The smallest absolute Gasteiger partial charge is 0.434 e. The molecule has 2 aromatic heterocycles. The lowest BCUT2D eigenvalue weighted by molar-refractivity contribution is -0.141. The van der Waals surface area contributed by atoms with E-state index in [1.165, 1.54) is 0 Å². The molecule has 2 heterocycles. The van der Waals surface area contributed by atoms with Crippen LogP contribution in [0.15, 0.2) is 71.6 Å². The Labute approximate surface area is 195 Å². The van der Waals surface area contributed by atoms with Crippen molar-refractivity contribution in [1.29, 1.82) is 0 Å². The minimum atomic E-state index is -4.75. The summed E-state index contributed by atoms with van der Waals surface area (Å²) in [6.07, 6.45) is -0.405. The van der Waals surface area contributed by atoms with Gasteiger partial charge in [0.15, 0.2) is 5.69 Å². The molecule has 0 saturated carbocycles. The predicted molar refractivity (Wildman–Crippen MR) is 122 cm³/mol. The summed E-state index contributed by atoms with van der Waals surface area (Å²) in [6, 6.07) is 14.3. The van der Waals surface area contributed by atoms with Gasteiger partial charge < -0.3 is 10.1 Å². The molecule has 0 unspecified atom stereocenters. The fourth-order valence-electron chi connectivity index (χ4n) is 3.55. The second-order valence-electron chi connectivity index (χ2n) is 7.16. The highest BCUT2D eigenvalue weighted by Gasteiger charge is 2.37. The summed E-state index contributed by atoms with van der Waals surface area (Å²) in [4.78, 5) is 20.2. The fourth-order valence-corrected chi connectivity index (χ4v) is 3.89. The molecule has 0 aliphatic carbocycles. The third kappa shape index (κ3) is 4.83. The first-order valence-corrected chi connectivity index (χ1v) is 10.6. The Hall–Kier alpha value is -3.46. The van der Waals surface area contributed by atoms with Crippen LogP contribution < -0.4 is 10.1 Å². The molecule has 0 spiro atoms. The van der Waals surface area contributed by atoms with E-state index in [1.54, 1.807) is 19.5 Å². The Balaban J connectivity index is 1.66. The molecule has 0 bridgehead atoms. The monoisotopic (exact) mass is 515 g/mol. The first-order chi connectivity index (χ1) is 15.8. The van der Waals surface area contributed by atoms with Crippen molar-refractivity contribution in [2.24, 2.45) is 0 Å². The highest BCUT2D eigenvalue weighted by molar-refractivity contribution is 9.10. The Kier molecular flexibility index (Phi) is 6.33. The van der Waals surface area contributed by atoms with E-state index in [-0.39, 0.29) is 11.0 Å². The van der Waals surface area contributed by atoms with Crippen LogP contribution in [-0.4, -0.2) is 23.0 Å². The molecule has 2 aromatic carbocycles. The van der Waals surface area contributed by atoms with Gasteiger partial charge in [-0.05, 0) is 62.3 Å². The molecule has 0 aliphatic heterocycles. The molecule has 168 valence electrons. The fraction of sp³-hybridized carbons (Fsp3) is 0.125. The van der Waals surface area contributed by atoms with E-state index in [9.17, 15) is 18.0 Å². The quantitative estimate of drug-likeness (QED) is 0.353. The summed E-state index contributed by atoms with van der Waals surface area (Å²) in [5, 5.41) is 4.25. The number of rotatable bonds is 5. The van der Waals surface area contributed by atoms with E-state index in [0.29, 0.717) is 5.75 Å². The van der Waals surface area contributed by atoms with Gasteiger partial charge in [-0.25, -0.2) is 4.98 Å². The van der Waals surface area contributed by atoms with Crippen molar-refractivity contribution in [3.63, 3.8) is 0 Å². The Morgan fingerprint density at radius 1 is 1.09 bits per heavy atom. The van der Waals surface area contributed by atoms with E-state index in [0.717, 1.165) is 39.7 Å². The average molecular weight is 516 g/mol. The molecule has 9 heteroatoms. The molecular weight excluding hydrogens is 499 g/mol. The molecule has 5 nitrogen and oxygen atoms in total. The number of pyridine rings is 2. The van der Waals surface area contributed by atoms with Crippen LogP contribution in [0.4, 0.5) is 13.2 Å². The number of benzene rings is 2. The number of hydrogen-bond acceptors (Lipinski definition) is 4. The van der Waals surface area contributed by atoms with Crippen molar-refractivity contribution < 1.29 is 22.7 Å². The van der Waals surface area contributed by atoms with Crippen molar-refractivity contribution >= 4 is 32.6 Å². The summed E-state index contributed by atoms with van der Waals surface area (Å²) in [7, 11) is 1.60. The van der Waals surface area contributed by atoms with Crippen molar-refractivity contribution in [2.45, 2.75) is 12.7 Å². The van der Waals surface area contributed by atoms with E-state index < -0.39 is 23.3 Å². The van der Waals surface area contributed by atoms with Gasteiger partial charge in [-0.2, -0.15) is 13.2 Å². The molecule has 4 aromatic rings. The average Bonchev–Trinajstić information content (AvgIpc) is 2.81. The number of amides is 1. The predicted octanol–water partition coefficient (Wildman–Crippen LogP) is 6.02. The van der Waals surface area contributed by atoms with E-state index in [2.05, 4.69) is 31.2 Å². The number of methoxy groups -OCH3 is 1. The van der Waals surface area contributed by atoms with Crippen LogP contribution in [0.25, 0.3) is 21.9 Å². The highest BCUT2D eigenvalue weighted by atomic mass is 79.9. The summed E-state index contributed by atoms with van der Waals surface area (Å²) in [6.45, 7) is 0.0171. The zero-order chi connectivity index (χ0) is 23.6. The number of aromatic nitrogens is 2. The number of ether oxygens (including phenoxy) is 1. The second-order valence-corrected chi connectivity index (χ2v) is 8.07. The number of alkyl halides is 3. The maximum absolute atomic E-state index is 13.3. The van der Waals surface area contributed by atoms with E-state index in [1.807, 2.05) is 42.5 Å². The number of nitrogens with one attached hydrogen (secondary N) is 1. The standard InChI is InChI=1S/C24H17BrF3N3O2/c1-33-17-4-2-3-14(9-17)18-6-5-15(21-13-29-8-7-19(18)21)11-31-23(32)20-10-16(25)12-30-22(20)24(26,27)28/h2-10,12-13H,11H2,1H3,(H,31,32). The minimum Gasteiger partial charge on any atom is -0.497 e. The summed E-state index contributed by atoms with van der Waals surface area (Å²) in [5.74, 6) is -0.154. The lowest BCUT2D eigenvalue weighted by atomic mass is 9.96. The first kappa shape index (κ1) is 22.7. The summed E-state index contributed by atoms with van der Waals surface area (Å²) >= 11 is 3.07. The molecule has 0 fully saturated rings. The topological polar surface area (TPSA) is 64.1 Å².